The molecule has 0 saturated heterocycles. The summed E-state index contributed by atoms with van der Waals surface area (Å²) in [6.07, 6.45) is 0. The molecule has 3 aromatic rings. The first kappa shape index (κ1) is 19.9. The van der Waals surface area contributed by atoms with Gasteiger partial charge in [0.1, 0.15) is 34.9 Å². The van der Waals surface area contributed by atoms with Gasteiger partial charge in [0.25, 0.3) is 5.91 Å². The molecular formula is C20H18F2N2O3S. The average molecular weight is 404 g/mol. The molecule has 0 saturated carbocycles. The van der Waals surface area contributed by atoms with Crippen LogP contribution in [0.25, 0.3) is 10.2 Å². The molecule has 28 heavy (non-hydrogen) atoms. The molecule has 2 aromatic carbocycles. The highest BCUT2D eigenvalue weighted by atomic mass is 32.1. The Labute approximate surface area is 164 Å². The Morgan fingerprint density at radius 3 is 2.43 bits per heavy atom. The molecule has 0 bridgehead atoms. The molecule has 0 aliphatic rings. The summed E-state index contributed by atoms with van der Waals surface area (Å²) in [7, 11) is 0. The summed E-state index contributed by atoms with van der Waals surface area (Å²) in [5, 5.41) is 2.98. The van der Waals surface area contributed by atoms with Crippen LogP contribution in [0.2, 0.25) is 0 Å². The van der Waals surface area contributed by atoms with Gasteiger partial charge >= 0.3 is 5.97 Å². The van der Waals surface area contributed by atoms with Gasteiger partial charge in [0.05, 0.1) is 10.2 Å². The number of ether oxygens (including phenoxy) is 1. The van der Waals surface area contributed by atoms with Crippen LogP contribution in [-0.2, 0) is 16.1 Å². The van der Waals surface area contributed by atoms with Crippen LogP contribution in [0.5, 0.6) is 0 Å². The standard InChI is InChI=1S/C20H18F2N2O3S/c1-11(2)18(24-19(25)17-12(21)6-5-7-13(17)22)20(26)27-10-16-23-14-8-3-4-9-15(14)28-16/h3-9,11,18H,10H2,1-2H3,(H,24,25)/t18-/m0/s1. The van der Waals surface area contributed by atoms with Gasteiger partial charge in [-0.25, -0.2) is 18.6 Å². The van der Waals surface area contributed by atoms with Gasteiger partial charge in [-0.15, -0.1) is 11.3 Å². The molecule has 0 unspecified atom stereocenters. The van der Waals surface area contributed by atoms with E-state index >= 15 is 0 Å². The van der Waals surface area contributed by atoms with E-state index in [4.69, 9.17) is 4.74 Å². The third-order valence-electron chi connectivity index (χ3n) is 4.07. The normalized spacial score (nSPS) is 12.2. The number of amides is 1. The van der Waals surface area contributed by atoms with Crippen molar-refractivity contribution in [2.24, 2.45) is 5.92 Å². The first-order chi connectivity index (χ1) is 13.4. The SMILES string of the molecule is CC(C)[C@H](NC(=O)c1c(F)cccc1F)C(=O)OCc1nc2ccccc2s1. The van der Waals surface area contributed by atoms with E-state index < -0.39 is 35.1 Å². The molecule has 1 heterocycles. The molecule has 1 N–H and O–H groups in total. The van der Waals surface area contributed by atoms with Crippen LogP contribution in [-0.4, -0.2) is 22.9 Å². The highest BCUT2D eigenvalue weighted by Crippen LogP contribution is 2.22. The zero-order valence-electron chi connectivity index (χ0n) is 15.2. The van der Waals surface area contributed by atoms with Gasteiger partial charge in [0.2, 0.25) is 0 Å². The van der Waals surface area contributed by atoms with Crippen molar-refractivity contribution in [2.75, 3.05) is 0 Å². The number of benzene rings is 2. The number of para-hydroxylation sites is 1. The minimum atomic E-state index is -1.05. The lowest BCUT2D eigenvalue weighted by Gasteiger charge is -2.21. The van der Waals surface area contributed by atoms with Crippen LogP contribution in [0.1, 0.15) is 29.2 Å². The number of rotatable bonds is 6. The molecule has 8 heteroatoms. The molecule has 5 nitrogen and oxygen atoms in total. The number of hydrogen-bond acceptors (Lipinski definition) is 5. The number of fused-ring (bicyclic) bond motifs is 1. The second kappa shape index (κ2) is 8.43. The molecule has 0 fully saturated rings. The van der Waals surface area contributed by atoms with Gasteiger partial charge in [0.15, 0.2) is 0 Å². The van der Waals surface area contributed by atoms with E-state index in [-0.39, 0.29) is 12.5 Å². The van der Waals surface area contributed by atoms with E-state index in [1.54, 1.807) is 13.8 Å². The largest absolute Gasteiger partial charge is 0.457 e. The number of carbonyl (C=O) groups excluding carboxylic acids is 2. The third-order valence-corrected chi connectivity index (χ3v) is 5.08. The lowest BCUT2D eigenvalue weighted by molar-refractivity contribution is -0.148. The number of carbonyl (C=O) groups is 2. The average Bonchev–Trinajstić information content (AvgIpc) is 3.06. The van der Waals surface area contributed by atoms with E-state index in [0.29, 0.717) is 5.01 Å². The second-order valence-electron chi connectivity index (χ2n) is 6.47. The first-order valence-electron chi connectivity index (χ1n) is 8.62. The molecule has 146 valence electrons. The van der Waals surface area contributed by atoms with Crippen LogP contribution >= 0.6 is 11.3 Å². The van der Waals surface area contributed by atoms with Crippen molar-refractivity contribution in [1.29, 1.82) is 0 Å². The quantitative estimate of drug-likeness (QED) is 0.629. The van der Waals surface area contributed by atoms with Gasteiger partial charge in [-0.2, -0.15) is 0 Å². The van der Waals surface area contributed by atoms with Crippen LogP contribution in [0.3, 0.4) is 0 Å². The van der Waals surface area contributed by atoms with Crippen molar-refractivity contribution in [3.05, 3.63) is 64.7 Å². The van der Waals surface area contributed by atoms with E-state index in [2.05, 4.69) is 10.3 Å². The predicted octanol–water partition coefficient (Wildman–Crippen LogP) is 4.07. The number of esters is 1. The van der Waals surface area contributed by atoms with Crippen molar-refractivity contribution >= 4 is 33.4 Å². The Morgan fingerprint density at radius 1 is 1.11 bits per heavy atom. The maximum absolute atomic E-state index is 13.8. The van der Waals surface area contributed by atoms with E-state index in [9.17, 15) is 18.4 Å². The fraction of sp³-hybridized carbons (Fsp3) is 0.250. The van der Waals surface area contributed by atoms with Crippen LogP contribution in [0.15, 0.2) is 42.5 Å². The predicted molar refractivity (Wildman–Crippen MR) is 102 cm³/mol. The molecule has 0 radical (unpaired) electrons. The Balaban J connectivity index is 1.69. The molecule has 0 aliphatic heterocycles. The molecule has 1 aromatic heterocycles. The van der Waals surface area contributed by atoms with Crippen molar-refractivity contribution in [3.63, 3.8) is 0 Å². The van der Waals surface area contributed by atoms with Crippen LogP contribution < -0.4 is 5.32 Å². The van der Waals surface area contributed by atoms with Crippen molar-refractivity contribution in [1.82, 2.24) is 10.3 Å². The van der Waals surface area contributed by atoms with Crippen molar-refractivity contribution in [2.45, 2.75) is 26.5 Å². The molecule has 1 atom stereocenters. The zero-order chi connectivity index (χ0) is 20.3. The smallest absolute Gasteiger partial charge is 0.329 e. The fourth-order valence-corrected chi connectivity index (χ4v) is 3.51. The molecule has 0 aliphatic carbocycles. The summed E-state index contributed by atoms with van der Waals surface area (Å²) >= 11 is 1.40. The lowest BCUT2D eigenvalue weighted by atomic mass is 10.0. The lowest BCUT2D eigenvalue weighted by Crippen LogP contribution is -2.45. The summed E-state index contributed by atoms with van der Waals surface area (Å²) in [5.74, 6) is -4.04. The summed E-state index contributed by atoms with van der Waals surface area (Å²) < 4.78 is 33.9. The number of halogens is 2. The van der Waals surface area contributed by atoms with E-state index in [1.165, 1.54) is 11.3 Å². The van der Waals surface area contributed by atoms with E-state index in [1.807, 2.05) is 24.3 Å². The monoisotopic (exact) mass is 404 g/mol. The number of nitrogens with one attached hydrogen (secondary N) is 1. The van der Waals surface area contributed by atoms with Gasteiger partial charge < -0.3 is 10.1 Å². The number of hydrogen-bond donors (Lipinski definition) is 1. The van der Waals surface area contributed by atoms with Crippen molar-refractivity contribution in [3.8, 4) is 0 Å². The summed E-state index contributed by atoms with van der Waals surface area (Å²) in [4.78, 5) is 29.1. The Morgan fingerprint density at radius 2 is 1.79 bits per heavy atom. The number of aromatic nitrogens is 1. The summed E-state index contributed by atoms with van der Waals surface area (Å²) in [6.45, 7) is 3.34. The molecule has 0 spiro atoms. The summed E-state index contributed by atoms with van der Waals surface area (Å²) in [6, 6.07) is 9.60. The minimum Gasteiger partial charge on any atom is -0.457 e. The Kier molecular flexibility index (Phi) is 5.99. The third kappa shape index (κ3) is 4.33. The fourth-order valence-electron chi connectivity index (χ4n) is 2.63. The molecule has 3 rings (SSSR count). The van der Waals surface area contributed by atoms with Crippen molar-refractivity contribution < 1.29 is 23.1 Å². The highest BCUT2D eigenvalue weighted by molar-refractivity contribution is 7.18. The van der Waals surface area contributed by atoms with Crippen LogP contribution in [0, 0.1) is 17.6 Å². The Bertz CT molecular complexity index is 966. The topological polar surface area (TPSA) is 68.3 Å². The van der Waals surface area contributed by atoms with Crippen LogP contribution in [0.4, 0.5) is 8.78 Å². The maximum atomic E-state index is 13.8. The molecule has 1 amide bonds. The van der Waals surface area contributed by atoms with Gasteiger partial charge in [-0.1, -0.05) is 32.0 Å². The van der Waals surface area contributed by atoms with Gasteiger partial charge in [-0.05, 0) is 30.2 Å². The maximum Gasteiger partial charge on any atom is 0.329 e. The second-order valence-corrected chi connectivity index (χ2v) is 7.59. The minimum absolute atomic E-state index is 0.0503. The highest BCUT2D eigenvalue weighted by Gasteiger charge is 2.28. The zero-order valence-corrected chi connectivity index (χ0v) is 16.1. The van der Waals surface area contributed by atoms with E-state index in [0.717, 1.165) is 28.4 Å². The van der Waals surface area contributed by atoms with Gasteiger partial charge in [0, 0.05) is 0 Å². The molecular weight excluding hydrogens is 386 g/mol. The number of nitrogens with zero attached hydrogens (tertiary/aromatic N) is 1. The Hall–Kier alpha value is -2.87. The van der Waals surface area contributed by atoms with Gasteiger partial charge in [-0.3, -0.25) is 4.79 Å². The first-order valence-corrected chi connectivity index (χ1v) is 9.44. The number of thiazole rings is 1. The summed E-state index contributed by atoms with van der Waals surface area (Å²) in [5.41, 5.74) is 0.0782.